The van der Waals surface area contributed by atoms with Gasteiger partial charge in [-0.3, -0.25) is 4.79 Å². The molecule has 2 aromatic heterocycles. The van der Waals surface area contributed by atoms with E-state index in [2.05, 4.69) is 13.2 Å². The van der Waals surface area contributed by atoms with Crippen LogP contribution in [0.3, 0.4) is 0 Å². The number of ether oxygens (including phenoxy) is 1. The number of allylic oxidation sites excluding steroid dienone is 5. The Morgan fingerprint density at radius 1 is 1.35 bits per heavy atom. The van der Waals surface area contributed by atoms with Crippen LogP contribution >= 0.6 is 11.3 Å². The number of amides is 1. The van der Waals surface area contributed by atoms with Crippen LogP contribution in [0.15, 0.2) is 66.7 Å². The van der Waals surface area contributed by atoms with Crippen LogP contribution < -0.4 is 0 Å². The molecule has 5 nitrogen and oxygen atoms in total. The Morgan fingerprint density at radius 3 is 2.73 bits per heavy atom. The minimum Gasteiger partial charge on any atom is -0.464 e. The number of hydrogen-bond acceptors (Lipinski definition) is 4. The van der Waals surface area contributed by atoms with Gasteiger partial charge in [-0.2, -0.15) is 0 Å². The number of thiophene rings is 1. The molecule has 26 heavy (non-hydrogen) atoms. The maximum atomic E-state index is 13.0. The van der Waals surface area contributed by atoms with Crippen LogP contribution in [0.5, 0.6) is 0 Å². The summed E-state index contributed by atoms with van der Waals surface area (Å²) in [6.07, 6.45) is 8.60. The summed E-state index contributed by atoms with van der Waals surface area (Å²) in [5.74, 6) is -0.596. The van der Waals surface area contributed by atoms with Crippen LogP contribution in [-0.4, -0.2) is 35.0 Å². The van der Waals surface area contributed by atoms with Gasteiger partial charge in [0.25, 0.3) is 0 Å². The second kappa shape index (κ2) is 9.01. The number of hydrogen-bond donors (Lipinski definition) is 0. The summed E-state index contributed by atoms with van der Waals surface area (Å²) < 4.78 is 7.50. The van der Waals surface area contributed by atoms with Crippen molar-refractivity contribution < 1.29 is 14.3 Å². The lowest BCUT2D eigenvalue weighted by Gasteiger charge is -2.23. The Hall–Kier alpha value is -2.86. The zero-order valence-corrected chi connectivity index (χ0v) is 15.8. The van der Waals surface area contributed by atoms with Gasteiger partial charge in [0.1, 0.15) is 12.2 Å². The van der Waals surface area contributed by atoms with Crippen molar-refractivity contribution in [2.75, 3.05) is 13.7 Å². The van der Waals surface area contributed by atoms with Gasteiger partial charge in [0, 0.05) is 12.2 Å². The van der Waals surface area contributed by atoms with Gasteiger partial charge < -0.3 is 14.2 Å². The third kappa shape index (κ3) is 4.03. The molecule has 0 aromatic carbocycles. The van der Waals surface area contributed by atoms with Gasteiger partial charge in [0.15, 0.2) is 0 Å². The van der Waals surface area contributed by atoms with Crippen molar-refractivity contribution in [1.82, 2.24) is 9.47 Å². The van der Waals surface area contributed by atoms with Crippen LogP contribution in [0.25, 0.3) is 10.2 Å². The molecule has 2 aromatic rings. The Labute approximate surface area is 157 Å². The van der Waals surface area contributed by atoms with E-state index in [0.717, 1.165) is 10.2 Å². The molecule has 0 saturated carbocycles. The zero-order valence-electron chi connectivity index (χ0n) is 15.0. The molecule has 0 atom stereocenters. The zero-order chi connectivity index (χ0) is 19.1. The molecule has 1 amide bonds. The summed E-state index contributed by atoms with van der Waals surface area (Å²) in [6, 6.07) is 3.65. The molecule has 0 N–H and O–H groups in total. The summed E-state index contributed by atoms with van der Waals surface area (Å²) in [4.78, 5) is 26.7. The van der Waals surface area contributed by atoms with E-state index < -0.39 is 5.97 Å². The minimum absolute atomic E-state index is 0.0366. The SMILES string of the molecule is C=C/C=C\C(=C/C=C)N(CC)C(=O)Cn1c(C(=O)OC)cc2sccc21. The van der Waals surface area contributed by atoms with E-state index in [0.29, 0.717) is 17.9 Å². The predicted octanol–water partition coefficient (Wildman–Crippen LogP) is 4.15. The highest BCUT2D eigenvalue weighted by Crippen LogP contribution is 2.26. The van der Waals surface area contributed by atoms with Gasteiger partial charge in [-0.25, -0.2) is 4.79 Å². The number of methoxy groups -OCH3 is 1. The first-order chi connectivity index (χ1) is 12.6. The molecule has 0 aliphatic rings. The summed E-state index contributed by atoms with van der Waals surface area (Å²) in [7, 11) is 1.33. The maximum absolute atomic E-state index is 13.0. The number of esters is 1. The lowest BCUT2D eigenvalue weighted by Crippen LogP contribution is -2.33. The van der Waals surface area contributed by atoms with Crippen molar-refractivity contribution in [2.24, 2.45) is 0 Å². The number of carbonyl (C=O) groups excluding carboxylic acids is 2. The molecule has 0 aliphatic carbocycles. The Kier molecular flexibility index (Phi) is 6.74. The van der Waals surface area contributed by atoms with Gasteiger partial charge in [-0.15, -0.1) is 11.3 Å². The quantitative estimate of drug-likeness (QED) is 0.518. The van der Waals surface area contributed by atoms with E-state index in [1.807, 2.05) is 18.4 Å². The molecule has 0 aliphatic heterocycles. The summed E-state index contributed by atoms with van der Waals surface area (Å²) in [6.45, 7) is 9.78. The van der Waals surface area contributed by atoms with E-state index in [1.165, 1.54) is 18.4 Å². The van der Waals surface area contributed by atoms with Gasteiger partial charge >= 0.3 is 5.97 Å². The summed E-state index contributed by atoms with van der Waals surface area (Å²) in [5.41, 5.74) is 1.92. The first-order valence-corrected chi connectivity index (χ1v) is 9.02. The number of nitrogens with zero attached hydrogens (tertiary/aromatic N) is 2. The Balaban J connectivity index is 2.39. The highest BCUT2D eigenvalue weighted by atomic mass is 32.1. The van der Waals surface area contributed by atoms with Crippen molar-refractivity contribution in [3.8, 4) is 0 Å². The number of fused-ring (bicyclic) bond motifs is 1. The second-order valence-corrected chi connectivity index (χ2v) is 6.29. The van der Waals surface area contributed by atoms with E-state index in [4.69, 9.17) is 4.74 Å². The summed E-state index contributed by atoms with van der Waals surface area (Å²) in [5, 5.41) is 1.93. The number of rotatable bonds is 8. The molecule has 0 saturated heterocycles. The van der Waals surface area contributed by atoms with Crippen LogP contribution in [0, 0.1) is 0 Å². The molecule has 0 fully saturated rings. The fraction of sp³-hybridized carbons (Fsp3) is 0.200. The third-order valence-corrected chi connectivity index (χ3v) is 4.68. The molecule has 0 spiro atoms. The van der Waals surface area contributed by atoms with Gasteiger partial charge in [-0.1, -0.05) is 31.4 Å². The van der Waals surface area contributed by atoms with Crippen molar-refractivity contribution >= 4 is 33.4 Å². The average molecular weight is 370 g/mol. The molecule has 6 heteroatoms. The largest absolute Gasteiger partial charge is 0.464 e. The normalized spacial score (nSPS) is 11.7. The lowest BCUT2D eigenvalue weighted by atomic mass is 10.2. The monoisotopic (exact) mass is 370 g/mol. The Morgan fingerprint density at radius 2 is 2.12 bits per heavy atom. The first-order valence-electron chi connectivity index (χ1n) is 8.14. The summed E-state index contributed by atoms with van der Waals surface area (Å²) >= 11 is 1.52. The van der Waals surface area contributed by atoms with Crippen LogP contribution in [0.4, 0.5) is 0 Å². The van der Waals surface area contributed by atoms with E-state index in [1.54, 1.807) is 45.9 Å². The van der Waals surface area contributed by atoms with Crippen molar-refractivity contribution in [3.05, 3.63) is 72.4 Å². The number of aromatic nitrogens is 1. The van der Waals surface area contributed by atoms with E-state index in [-0.39, 0.29) is 12.5 Å². The van der Waals surface area contributed by atoms with Crippen molar-refractivity contribution in [2.45, 2.75) is 13.5 Å². The standard InChI is InChI=1S/C20H22N2O3S/c1-5-8-10-15(9-6-2)21(7-3)19(23)14-22-16-11-12-26-18(16)13-17(22)20(24)25-4/h5-6,8-13H,1-2,7,14H2,3-4H3/b10-8-,15-9+. The van der Waals surface area contributed by atoms with Gasteiger partial charge in [-0.05, 0) is 36.6 Å². The van der Waals surface area contributed by atoms with Gasteiger partial charge in [0.2, 0.25) is 5.91 Å². The molecular formula is C20H22N2O3S. The average Bonchev–Trinajstić information content (AvgIpc) is 3.22. The molecule has 2 heterocycles. The van der Waals surface area contributed by atoms with Gasteiger partial charge in [0.05, 0.1) is 17.3 Å². The molecule has 136 valence electrons. The number of carbonyl (C=O) groups is 2. The van der Waals surface area contributed by atoms with E-state index >= 15 is 0 Å². The fourth-order valence-corrected chi connectivity index (χ4v) is 3.49. The first kappa shape index (κ1) is 19.5. The maximum Gasteiger partial charge on any atom is 0.354 e. The molecule has 0 bridgehead atoms. The lowest BCUT2D eigenvalue weighted by molar-refractivity contribution is -0.129. The predicted molar refractivity (Wildman–Crippen MR) is 106 cm³/mol. The molecule has 0 unspecified atom stereocenters. The van der Waals surface area contributed by atoms with Crippen LogP contribution in [0.2, 0.25) is 0 Å². The molecule has 2 rings (SSSR count). The highest BCUT2D eigenvalue weighted by molar-refractivity contribution is 7.17. The third-order valence-electron chi connectivity index (χ3n) is 3.83. The van der Waals surface area contributed by atoms with Crippen LogP contribution in [0.1, 0.15) is 17.4 Å². The topological polar surface area (TPSA) is 51.5 Å². The Bertz CT molecular complexity index is 886. The molecular weight excluding hydrogens is 348 g/mol. The van der Waals surface area contributed by atoms with E-state index in [9.17, 15) is 9.59 Å². The highest BCUT2D eigenvalue weighted by Gasteiger charge is 2.22. The molecule has 0 radical (unpaired) electrons. The minimum atomic E-state index is -0.461. The van der Waals surface area contributed by atoms with Crippen molar-refractivity contribution in [1.29, 1.82) is 0 Å². The van der Waals surface area contributed by atoms with Crippen LogP contribution in [-0.2, 0) is 16.1 Å². The second-order valence-electron chi connectivity index (χ2n) is 5.34. The number of likely N-dealkylation sites (N-methyl/N-ethyl adjacent to an activating group) is 1. The van der Waals surface area contributed by atoms with Crippen molar-refractivity contribution in [3.63, 3.8) is 0 Å². The fourth-order valence-electron chi connectivity index (χ4n) is 2.67. The smallest absolute Gasteiger partial charge is 0.354 e.